The highest BCUT2D eigenvalue weighted by molar-refractivity contribution is 7.47. The molecule has 0 aromatic heterocycles. The second kappa shape index (κ2) is 50.9. The zero-order valence-corrected chi connectivity index (χ0v) is 42.7. The minimum atomic E-state index is -4.52. The second-order valence-electron chi connectivity index (χ2n) is 19.0. The standard InChI is InChI=1S/C53H107O9P/c1-3-5-7-9-11-13-15-17-19-21-23-25-26-27-29-31-33-35-37-39-41-43-45-53(56)62-52(50-61-63(57,58)60-48-51(55)47-54)49-59-46-44-42-40-38-36-34-32-30-28-24-22-20-18-16-14-12-10-8-6-4-2/h51-52,54-55H,3-50H2,1-2H3,(H,57,58)/t51-,52+/m0/s1. The zero-order valence-electron chi connectivity index (χ0n) is 41.8. The molecule has 0 bridgehead atoms. The number of phosphoric ester groups is 1. The maximum absolute atomic E-state index is 12.7. The normalized spacial score (nSPS) is 13.7. The van der Waals surface area contributed by atoms with Crippen molar-refractivity contribution in [1.82, 2.24) is 0 Å². The lowest BCUT2D eigenvalue weighted by Gasteiger charge is -2.20. The summed E-state index contributed by atoms with van der Waals surface area (Å²) in [7, 11) is -4.52. The van der Waals surface area contributed by atoms with Gasteiger partial charge in [0.1, 0.15) is 12.2 Å². The Morgan fingerprint density at radius 1 is 0.429 bits per heavy atom. The van der Waals surface area contributed by atoms with Crippen molar-refractivity contribution in [3.63, 3.8) is 0 Å². The smallest absolute Gasteiger partial charge is 0.457 e. The monoisotopic (exact) mass is 919 g/mol. The van der Waals surface area contributed by atoms with Crippen molar-refractivity contribution in [2.45, 2.75) is 302 Å². The molecule has 0 fully saturated rings. The summed E-state index contributed by atoms with van der Waals surface area (Å²) in [5.41, 5.74) is 0. The predicted octanol–water partition coefficient (Wildman–Crippen LogP) is 16.2. The van der Waals surface area contributed by atoms with Gasteiger partial charge in [0.2, 0.25) is 0 Å². The largest absolute Gasteiger partial charge is 0.472 e. The van der Waals surface area contributed by atoms with Gasteiger partial charge in [-0.3, -0.25) is 13.8 Å². The van der Waals surface area contributed by atoms with Crippen LogP contribution in [0.2, 0.25) is 0 Å². The van der Waals surface area contributed by atoms with Crippen molar-refractivity contribution < 1.29 is 43.0 Å². The average Bonchev–Trinajstić information content (AvgIpc) is 3.28. The molecule has 3 N–H and O–H groups in total. The summed E-state index contributed by atoms with van der Waals surface area (Å²) < 4.78 is 33.6. The Kier molecular flexibility index (Phi) is 50.4. The van der Waals surface area contributed by atoms with Gasteiger partial charge in [0.25, 0.3) is 0 Å². The fraction of sp³-hybridized carbons (Fsp3) is 0.981. The fourth-order valence-corrected chi connectivity index (χ4v) is 9.15. The van der Waals surface area contributed by atoms with Gasteiger partial charge >= 0.3 is 13.8 Å². The fourth-order valence-electron chi connectivity index (χ4n) is 8.36. The van der Waals surface area contributed by atoms with E-state index in [9.17, 15) is 19.4 Å². The first-order chi connectivity index (χ1) is 30.8. The summed E-state index contributed by atoms with van der Waals surface area (Å²) in [6.07, 6.45) is 53.6. The Bertz CT molecular complexity index is 953. The quantitative estimate of drug-likeness (QED) is 0.0310. The molecule has 0 rings (SSSR count). The van der Waals surface area contributed by atoms with E-state index in [0.717, 1.165) is 32.1 Å². The van der Waals surface area contributed by atoms with Gasteiger partial charge in [-0.2, -0.15) is 0 Å². The average molecular weight is 919 g/mol. The van der Waals surface area contributed by atoms with Crippen LogP contribution in [0.1, 0.15) is 290 Å². The van der Waals surface area contributed by atoms with E-state index in [1.165, 1.54) is 238 Å². The number of hydrogen-bond acceptors (Lipinski definition) is 8. The Balaban J connectivity index is 3.97. The lowest BCUT2D eigenvalue weighted by molar-refractivity contribution is -0.154. The minimum absolute atomic E-state index is 0.0590. The van der Waals surface area contributed by atoms with E-state index in [-0.39, 0.29) is 25.6 Å². The molecule has 378 valence electrons. The number of unbranched alkanes of at least 4 members (excludes halogenated alkanes) is 40. The van der Waals surface area contributed by atoms with Crippen molar-refractivity contribution in [2.24, 2.45) is 0 Å². The highest BCUT2D eigenvalue weighted by Crippen LogP contribution is 2.43. The van der Waals surface area contributed by atoms with Crippen LogP contribution in [-0.2, 0) is 27.9 Å². The highest BCUT2D eigenvalue weighted by Gasteiger charge is 2.26. The number of carbonyl (C=O) groups excluding carboxylic acids is 1. The van der Waals surface area contributed by atoms with Crippen LogP contribution in [0.3, 0.4) is 0 Å². The Morgan fingerprint density at radius 3 is 1.03 bits per heavy atom. The maximum atomic E-state index is 12.7. The number of ether oxygens (including phenoxy) is 2. The van der Waals surface area contributed by atoms with Crippen LogP contribution in [0.5, 0.6) is 0 Å². The number of carbonyl (C=O) groups is 1. The van der Waals surface area contributed by atoms with Crippen LogP contribution in [0.25, 0.3) is 0 Å². The molecule has 10 heteroatoms. The summed E-state index contributed by atoms with van der Waals surface area (Å²) >= 11 is 0. The van der Waals surface area contributed by atoms with Gasteiger partial charge in [-0.15, -0.1) is 0 Å². The van der Waals surface area contributed by atoms with Crippen LogP contribution < -0.4 is 0 Å². The molecule has 1 unspecified atom stereocenters. The van der Waals surface area contributed by atoms with Gasteiger partial charge in [0.05, 0.1) is 26.4 Å². The lowest BCUT2D eigenvalue weighted by atomic mass is 10.0. The molecule has 0 saturated heterocycles. The number of hydrogen-bond donors (Lipinski definition) is 3. The summed E-state index contributed by atoms with van der Waals surface area (Å²) in [6, 6.07) is 0. The van der Waals surface area contributed by atoms with Gasteiger partial charge in [0, 0.05) is 13.0 Å². The zero-order chi connectivity index (χ0) is 46.0. The van der Waals surface area contributed by atoms with Crippen molar-refractivity contribution in [2.75, 3.05) is 33.0 Å². The summed E-state index contributed by atoms with van der Waals surface area (Å²) in [5.74, 6) is -0.372. The van der Waals surface area contributed by atoms with Crippen molar-refractivity contribution in [3.8, 4) is 0 Å². The van der Waals surface area contributed by atoms with E-state index >= 15 is 0 Å². The third kappa shape index (κ3) is 50.7. The third-order valence-electron chi connectivity index (χ3n) is 12.5. The minimum Gasteiger partial charge on any atom is -0.457 e. The van der Waals surface area contributed by atoms with Gasteiger partial charge in [-0.25, -0.2) is 4.57 Å². The summed E-state index contributed by atoms with van der Waals surface area (Å²) in [6.45, 7) is 3.62. The number of aliphatic hydroxyl groups is 2. The summed E-state index contributed by atoms with van der Waals surface area (Å²) in [5, 5.41) is 18.4. The van der Waals surface area contributed by atoms with Gasteiger partial charge < -0.3 is 24.6 Å². The molecule has 3 atom stereocenters. The first-order valence-corrected chi connectivity index (χ1v) is 29.0. The van der Waals surface area contributed by atoms with Crippen LogP contribution in [0.4, 0.5) is 0 Å². The van der Waals surface area contributed by atoms with Crippen molar-refractivity contribution >= 4 is 13.8 Å². The van der Waals surface area contributed by atoms with E-state index in [4.69, 9.17) is 23.6 Å². The first-order valence-electron chi connectivity index (χ1n) is 27.5. The molecule has 0 aromatic rings. The topological polar surface area (TPSA) is 132 Å². The van der Waals surface area contributed by atoms with Gasteiger partial charge in [-0.05, 0) is 12.8 Å². The molecule has 0 heterocycles. The molecule has 0 aliphatic carbocycles. The van der Waals surface area contributed by atoms with Crippen LogP contribution in [0.15, 0.2) is 0 Å². The molecule has 0 spiro atoms. The SMILES string of the molecule is CCCCCCCCCCCCCCCCCCCCCCCCC(=O)O[C@H](COCCCCCCCCCCCCCCCCCCCCCC)COP(=O)(O)OC[C@@H](O)CO. The van der Waals surface area contributed by atoms with E-state index in [1.807, 2.05) is 0 Å². The number of rotatable bonds is 54. The number of phosphoric acid groups is 1. The molecular weight excluding hydrogens is 812 g/mol. The number of aliphatic hydroxyl groups excluding tert-OH is 2. The maximum Gasteiger partial charge on any atom is 0.472 e. The van der Waals surface area contributed by atoms with E-state index in [0.29, 0.717) is 6.61 Å². The van der Waals surface area contributed by atoms with Crippen molar-refractivity contribution in [3.05, 3.63) is 0 Å². The number of esters is 1. The Hall–Kier alpha value is -0.540. The summed E-state index contributed by atoms with van der Waals surface area (Å²) in [4.78, 5) is 22.7. The molecule has 63 heavy (non-hydrogen) atoms. The molecular formula is C53H107O9P. The third-order valence-corrected chi connectivity index (χ3v) is 13.5. The highest BCUT2D eigenvalue weighted by atomic mass is 31.2. The van der Waals surface area contributed by atoms with Crippen molar-refractivity contribution in [1.29, 1.82) is 0 Å². The molecule has 0 saturated carbocycles. The molecule has 0 aromatic carbocycles. The van der Waals surface area contributed by atoms with E-state index in [1.54, 1.807) is 0 Å². The van der Waals surface area contributed by atoms with E-state index in [2.05, 4.69) is 13.8 Å². The molecule has 0 radical (unpaired) electrons. The predicted molar refractivity (Wildman–Crippen MR) is 265 cm³/mol. The van der Waals surface area contributed by atoms with Gasteiger partial charge in [-0.1, -0.05) is 271 Å². The molecule has 0 amide bonds. The lowest BCUT2D eigenvalue weighted by Crippen LogP contribution is -2.29. The second-order valence-corrected chi connectivity index (χ2v) is 20.4. The molecule has 0 aliphatic heterocycles. The van der Waals surface area contributed by atoms with Crippen LogP contribution >= 0.6 is 7.82 Å². The van der Waals surface area contributed by atoms with Crippen LogP contribution in [-0.4, -0.2) is 66.3 Å². The van der Waals surface area contributed by atoms with Crippen LogP contribution in [0, 0.1) is 0 Å². The van der Waals surface area contributed by atoms with Gasteiger partial charge in [0.15, 0.2) is 0 Å². The Morgan fingerprint density at radius 2 is 0.714 bits per heavy atom. The first kappa shape index (κ1) is 62.5. The molecule has 0 aliphatic rings. The molecule has 9 nitrogen and oxygen atoms in total. The van der Waals surface area contributed by atoms with E-state index < -0.39 is 33.2 Å². The Labute approximate surface area is 390 Å².